The normalized spacial score (nSPS) is 19.6. The number of carbonyl (C=O) groups excluding carboxylic acids is 2. The summed E-state index contributed by atoms with van der Waals surface area (Å²) in [5.41, 5.74) is -1.50. The Labute approximate surface area is 172 Å². The molecule has 0 bridgehead atoms. The topological polar surface area (TPSA) is 68.3 Å². The van der Waals surface area contributed by atoms with E-state index in [1.165, 1.54) is 35.6 Å². The van der Waals surface area contributed by atoms with E-state index in [0.29, 0.717) is 0 Å². The summed E-state index contributed by atoms with van der Waals surface area (Å²) in [5, 5.41) is 0. The lowest BCUT2D eigenvalue weighted by Crippen LogP contribution is -2.44. The lowest BCUT2D eigenvalue weighted by molar-refractivity contribution is -0.144. The average Bonchev–Trinajstić information content (AvgIpc) is 3.04. The predicted octanol–water partition coefficient (Wildman–Crippen LogP) is 3.69. The van der Waals surface area contributed by atoms with Crippen molar-refractivity contribution in [3.63, 3.8) is 0 Å². The molecular formula is C15H20Cl4N2O5. The minimum Gasteiger partial charge on any atom is -0.474 e. The van der Waals surface area contributed by atoms with Crippen LogP contribution in [0.1, 0.15) is 27.7 Å². The van der Waals surface area contributed by atoms with Crippen LogP contribution < -0.4 is 0 Å². The Balaban J connectivity index is 0.000000263. The van der Waals surface area contributed by atoms with Crippen LogP contribution in [-0.2, 0) is 23.8 Å². The van der Waals surface area contributed by atoms with Crippen LogP contribution in [0.3, 0.4) is 0 Å². The van der Waals surface area contributed by atoms with Crippen LogP contribution >= 0.6 is 46.4 Å². The molecular weight excluding hydrogens is 430 g/mol. The Morgan fingerprint density at radius 2 is 1.50 bits per heavy atom. The Hall–Kier alpha value is -1.02. The van der Waals surface area contributed by atoms with Gasteiger partial charge >= 0.3 is 0 Å². The van der Waals surface area contributed by atoms with Gasteiger partial charge in [0.15, 0.2) is 21.1 Å². The van der Waals surface area contributed by atoms with Crippen LogP contribution in [0.4, 0.5) is 0 Å². The number of hydrogen-bond acceptors (Lipinski definition) is 5. The molecule has 2 heterocycles. The minimum absolute atomic E-state index is 0.261. The van der Waals surface area contributed by atoms with E-state index in [4.69, 9.17) is 60.6 Å². The standard InChI is InChI=1S/C8H11Cl2NO3.C7H9Cl2NO2/c1-8(2)11(7(12)6(9)10)4-5(13-3)14-8;1-7(2)10(3-4-12-7)6(11)5(8)9/h4,6H,1-3H3;3-5H,1-2H3. The number of rotatable bonds is 3. The van der Waals surface area contributed by atoms with Crippen LogP contribution in [0.15, 0.2) is 24.6 Å². The maximum atomic E-state index is 11.5. The summed E-state index contributed by atoms with van der Waals surface area (Å²) in [5.74, 6) is -0.556. The number of carbonyl (C=O) groups is 2. The molecule has 0 aromatic rings. The van der Waals surface area contributed by atoms with Gasteiger partial charge in [-0.05, 0) is 27.7 Å². The van der Waals surface area contributed by atoms with Gasteiger partial charge in [0.2, 0.25) is 0 Å². The van der Waals surface area contributed by atoms with Crippen molar-refractivity contribution in [2.75, 3.05) is 7.11 Å². The van der Waals surface area contributed by atoms with Gasteiger partial charge in [-0.15, -0.1) is 0 Å². The quantitative estimate of drug-likeness (QED) is 0.614. The Morgan fingerprint density at radius 1 is 1.00 bits per heavy atom. The number of amides is 2. The zero-order chi connectivity index (χ0) is 20.3. The van der Waals surface area contributed by atoms with E-state index in [1.54, 1.807) is 27.7 Å². The lowest BCUT2D eigenvalue weighted by atomic mass is 10.3. The second-order valence-corrected chi connectivity index (χ2v) is 8.26. The fraction of sp³-hybridized carbons (Fsp3) is 0.600. The molecule has 0 fully saturated rings. The third kappa shape index (κ3) is 5.49. The van der Waals surface area contributed by atoms with Crippen LogP contribution in [-0.4, -0.2) is 49.8 Å². The summed E-state index contributed by atoms with van der Waals surface area (Å²) >= 11 is 21.8. The third-order valence-corrected chi connectivity index (χ3v) is 4.11. The Morgan fingerprint density at radius 3 is 1.85 bits per heavy atom. The van der Waals surface area contributed by atoms with Crippen molar-refractivity contribution in [3.05, 3.63) is 24.6 Å². The van der Waals surface area contributed by atoms with Crippen molar-refractivity contribution in [2.24, 2.45) is 0 Å². The van der Waals surface area contributed by atoms with E-state index in [2.05, 4.69) is 0 Å². The number of nitrogens with zero attached hydrogens (tertiary/aromatic N) is 2. The van der Waals surface area contributed by atoms with Gasteiger partial charge in [-0.25, -0.2) is 0 Å². The first-order chi connectivity index (χ1) is 11.8. The second-order valence-electron chi connectivity index (χ2n) is 6.07. The van der Waals surface area contributed by atoms with Crippen LogP contribution in [0.25, 0.3) is 0 Å². The third-order valence-electron chi connectivity index (χ3n) is 3.36. The van der Waals surface area contributed by atoms with E-state index >= 15 is 0 Å². The molecule has 0 spiro atoms. The molecule has 148 valence electrons. The first-order valence-electron chi connectivity index (χ1n) is 7.35. The van der Waals surface area contributed by atoms with Gasteiger partial charge in [0.25, 0.3) is 17.8 Å². The number of alkyl halides is 4. The smallest absolute Gasteiger partial charge is 0.298 e. The number of halogens is 4. The summed E-state index contributed by atoms with van der Waals surface area (Å²) in [6, 6.07) is 0. The number of ether oxygens (including phenoxy) is 3. The SMILES string of the molecule is CC1(C)OC=CN1C(=O)C(Cl)Cl.COC1=CN(C(=O)C(Cl)Cl)C(C)(C)O1. The summed E-state index contributed by atoms with van der Waals surface area (Å²) in [4.78, 5) is 23.3. The zero-order valence-corrected chi connectivity index (χ0v) is 17.9. The highest BCUT2D eigenvalue weighted by Gasteiger charge is 2.40. The highest BCUT2D eigenvalue weighted by Crippen LogP contribution is 2.30. The molecule has 2 aliphatic rings. The minimum atomic E-state index is -1.11. The van der Waals surface area contributed by atoms with Crippen molar-refractivity contribution >= 4 is 58.2 Å². The van der Waals surface area contributed by atoms with E-state index < -0.39 is 27.0 Å². The van der Waals surface area contributed by atoms with E-state index in [1.807, 2.05) is 0 Å². The second kappa shape index (κ2) is 8.78. The van der Waals surface area contributed by atoms with Gasteiger partial charge in [0, 0.05) is 6.20 Å². The lowest BCUT2D eigenvalue weighted by Gasteiger charge is -2.29. The predicted molar refractivity (Wildman–Crippen MR) is 99.2 cm³/mol. The molecule has 0 aromatic carbocycles. The molecule has 0 unspecified atom stereocenters. The van der Waals surface area contributed by atoms with Gasteiger partial charge in [0.1, 0.15) is 6.26 Å². The fourth-order valence-electron chi connectivity index (χ4n) is 2.05. The van der Waals surface area contributed by atoms with Crippen LogP contribution in [0.2, 0.25) is 0 Å². The van der Waals surface area contributed by atoms with Gasteiger partial charge < -0.3 is 14.2 Å². The molecule has 7 nitrogen and oxygen atoms in total. The maximum absolute atomic E-state index is 11.5. The van der Waals surface area contributed by atoms with Crippen molar-refractivity contribution in [3.8, 4) is 0 Å². The largest absolute Gasteiger partial charge is 0.474 e. The number of methoxy groups -OCH3 is 1. The molecule has 0 atom stereocenters. The van der Waals surface area contributed by atoms with Gasteiger partial charge in [-0.2, -0.15) is 0 Å². The molecule has 0 aromatic heterocycles. The summed E-state index contributed by atoms with van der Waals surface area (Å²) < 4.78 is 15.3. The Bertz CT molecular complexity index is 605. The molecule has 26 heavy (non-hydrogen) atoms. The molecule has 0 aliphatic carbocycles. The van der Waals surface area contributed by atoms with Crippen molar-refractivity contribution in [2.45, 2.75) is 48.8 Å². The molecule has 2 rings (SSSR count). The van der Waals surface area contributed by atoms with Crippen molar-refractivity contribution in [1.82, 2.24) is 9.80 Å². The molecule has 11 heteroatoms. The zero-order valence-electron chi connectivity index (χ0n) is 14.8. The molecule has 2 amide bonds. The monoisotopic (exact) mass is 448 g/mol. The highest BCUT2D eigenvalue weighted by atomic mass is 35.5. The molecule has 0 radical (unpaired) electrons. The maximum Gasteiger partial charge on any atom is 0.298 e. The molecule has 0 saturated heterocycles. The van der Waals surface area contributed by atoms with E-state index in [0.717, 1.165) is 0 Å². The van der Waals surface area contributed by atoms with Crippen molar-refractivity contribution in [1.29, 1.82) is 0 Å². The van der Waals surface area contributed by atoms with Crippen LogP contribution in [0, 0.1) is 0 Å². The summed E-state index contributed by atoms with van der Waals surface area (Å²) in [6.07, 6.45) is 4.38. The van der Waals surface area contributed by atoms with Crippen molar-refractivity contribution < 1.29 is 23.8 Å². The summed E-state index contributed by atoms with van der Waals surface area (Å²) in [7, 11) is 1.45. The van der Waals surface area contributed by atoms with Gasteiger partial charge in [0.05, 0.1) is 13.3 Å². The average molecular weight is 450 g/mol. The fourth-order valence-corrected chi connectivity index (χ4v) is 2.47. The van der Waals surface area contributed by atoms with E-state index in [-0.39, 0.29) is 11.9 Å². The van der Waals surface area contributed by atoms with Gasteiger partial charge in [-0.3, -0.25) is 19.4 Å². The van der Waals surface area contributed by atoms with Gasteiger partial charge in [-0.1, -0.05) is 46.4 Å². The first-order valence-corrected chi connectivity index (χ1v) is 9.10. The molecule has 2 aliphatic heterocycles. The molecule has 0 N–H and O–H groups in total. The number of hydrogen-bond donors (Lipinski definition) is 0. The summed E-state index contributed by atoms with van der Waals surface area (Å²) in [6.45, 7) is 6.93. The Kier molecular flexibility index (Phi) is 7.77. The molecule has 0 saturated carbocycles. The van der Waals surface area contributed by atoms with E-state index in [9.17, 15) is 9.59 Å². The highest BCUT2D eigenvalue weighted by molar-refractivity contribution is 6.54. The van der Waals surface area contributed by atoms with Crippen LogP contribution in [0.5, 0.6) is 0 Å². The first kappa shape index (κ1) is 23.0.